The lowest BCUT2D eigenvalue weighted by Crippen LogP contribution is -2.39. The molecule has 0 aliphatic heterocycles. The molecule has 1 amide bonds. The zero-order valence-corrected chi connectivity index (χ0v) is 12.5. The molecule has 0 aliphatic carbocycles. The van der Waals surface area contributed by atoms with Gasteiger partial charge < -0.3 is 15.4 Å². The van der Waals surface area contributed by atoms with Crippen LogP contribution in [0.15, 0.2) is 18.2 Å². The van der Waals surface area contributed by atoms with Gasteiger partial charge in [0.15, 0.2) is 0 Å². The molecule has 0 spiro atoms. The highest BCUT2D eigenvalue weighted by Gasteiger charge is 2.20. The molecule has 1 aromatic rings. The van der Waals surface area contributed by atoms with E-state index in [2.05, 4.69) is 0 Å². The molecule has 0 saturated carbocycles. The van der Waals surface area contributed by atoms with Gasteiger partial charge in [-0.3, -0.25) is 4.79 Å². The average Bonchev–Trinajstić information content (AvgIpc) is 2.27. The summed E-state index contributed by atoms with van der Waals surface area (Å²) in [5.41, 5.74) is 7.55. The Bertz CT molecular complexity index is 450. The molecule has 0 radical (unpaired) electrons. The molecule has 0 aromatic heterocycles. The van der Waals surface area contributed by atoms with Crippen molar-refractivity contribution in [2.45, 2.75) is 39.3 Å². The highest BCUT2D eigenvalue weighted by atomic mass is 16.5. The Hall–Kier alpha value is -1.55. The standard InChI is InChI=1S/C15H24N2O2/c1-11-6-7-13(19-5)12(8-11)10-17(4)14(18)9-15(2,3)16/h6-8H,9-10,16H2,1-5H3. The van der Waals surface area contributed by atoms with Crippen LogP contribution in [-0.4, -0.2) is 30.5 Å². The van der Waals surface area contributed by atoms with Crippen LogP contribution in [0.3, 0.4) is 0 Å². The Morgan fingerprint density at radius 2 is 2.05 bits per heavy atom. The van der Waals surface area contributed by atoms with Gasteiger partial charge in [0, 0.05) is 31.1 Å². The number of carbonyl (C=O) groups excluding carboxylic acids is 1. The van der Waals surface area contributed by atoms with Gasteiger partial charge >= 0.3 is 0 Å². The minimum absolute atomic E-state index is 0.0380. The molecule has 0 aliphatic rings. The normalized spacial score (nSPS) is 11.3. The Balaban J connectivity index is 2.79. The van der Waals surface area contributed by atoms with Gasteiger partial charge in [-0.15, -0.1) is 0 Å². The van der Waals surface area contributed by atoms with Crippen LogP contribution in [-0.2, 0) is 11.3 Å². The fraction of sp³-hybridized carbons (Fsp3) is 0.533. The summed E-state index contributed by atoms with van der Waals surface area (Å²) in [6.07, 6.45) is 0.331. The Labute approximate surface area is 115 Å². The molecule has 4 nitrogen and oxygen atoms in total. The van der Waals surface area contributed by atoms with Crippen molar-refractivity contribution in [2.75, 3.05) is 14.2 Å². The van der Waals surface area contributed by atoms with Crippen molar-refractivity contribution in [3.05, 3.63) is 29.3 Å². The number of hydrogen-bond donors (Lipinski definition) is 1. The van der Waals surface area contributed by atoms with Gasteiger partial charge in [-0.1, -0.05) is 17.7 Å². The van der Waals surface area contributed by atoms with Crippen molar-refractivity contribution in [2.24, 2.45) is 5.73 Å². The summed E-state index contributed by atoms with van der Waals surface area (Å²) in [7, 11) is 3.43. The van der Waals surface area contributed by atoms with Crippen molar-refractivity contribution in [3.63, 3.8) is 0 Å². The number of hydrogen-bond acceptors (Lipinski definition) is 3. The number of carbonyl (C=O) groups is 1. The lowest BCUT2D eigenvalue weighted by molar-refractivity contribution is -0.131. The van der Waals surface area contributed by atoms with Crippen molar-refractivity contribution in [1.29, 1.82) is 0 Å². The van der Waals surface area contributed by atoms with Crippen LogP contribution in [0.2, 0.25) is 0 Å². The molecule has 19 heavy (non-hydrogen) atoms. The summed E-state index contributed by atoms with van der Waals surface area (Å²) in [6.45, 7) is 6.26. The van der Waals surface area contributed by atoms with E-state index in [0.29, 0.717) is 13.0 Å². The van der Waals surface area contributed by atoms with Gasteiger partial charge in [-0.2, -0.15) is 0 Å². The summed E-state index contributed by atoms with van der Waals surface area (Å²) in [5.74, 6) is 0.841. The van der Waals surface area contributed by atoms with Gasteiger partial charge in [0.25, 0.3) is 0 Å². The van der Waals surface area contributed by atoms with Gasteiger partial charge in [0.05, 0.1) is 7.11 Å². The van der Waals surface area contributed by atoms with E-state index in [0.717, 1.165) is 16.9 Å². The Morgan fingerprint density at radius 3 is 2.58 bits per heavy atom. The lowest BCUT2D eigenvalue weighted by atomic mass is 10.0. The maximum Gasteiger partial charge on any atom is 0.224 e. The number of benzene rings is 1. The third-order valence-corrected chi connectivity index (χ3v) is 2.88. The summed E-state index contributed by atoms with van der Waals surface area (Å²) < 4.78 is 5.32. The molecule has 1 rings (SSSR count). The highest BCUT2D eigenvalue weighted by Crippen LogP contribution is 2.21. The average molecular weight is 264 g/mol. The van der Waals surface area contributed by atoms with Gasteiger partial charge in [-0.05, 0) is 26.8 Å². The van der Waals surface area contributed by atoms with E-state index in [-0.39, 0.29) is 5.91 Å². The first-order valence-corrected chi connectivity index (χ1v) is 6.39. The molecule has 0 heterocycles. The first-order valence-electron chi connectivity index (χ1n) is 6.39. The molecule has 0 fully saturated rings. The third kappa shape index (κ3) is 4.91. The number of rotatable bonds is 5. The first-order chi connectivity index (χ1) is 8.73. The molecule has 0 atom stereocenters. The largest absolute Gasteiger partial charge is 0.496 e. The molecule has 0 saturated heterocycles. The van der Waals surface area contributed by atoms with Crippen LogP contribution in [0, 0.1) is 6.92 Å². The number of nitrogens with zero attached hydrogens (tertiary/aromatic N) is 1. The van der Waals surface area contributed by atoms with E-state index in [1.807, 2.05) is 39.0 Å². The van der Waals surface area contributed by atoms with Crippen LogP contribution < -0.4 is 10.5 Å². The zero-order chi connectivity index (χ0) is 14.6. The van der Waals surface area contributed by atoms with Crippen LogP contribution >= 0.6 is 0 Å². The minimum atomic E-state index is -0.484. The van der Waals surface area contributed by atoms with Crippen LogP contribution in [0.5, 0.6) is 5.75 Å². The maximum absolute atomic E-state index is 12.1. The van der Waals surface area contributed by atoms with Crippen molar-refractivity contribution < 1.29 is 9.53 Å². The Kier molecular flexibility index (Phi) is 4.95. The number of aryl methyl sites for hydroxylation is 1. The van der Waals surface area contributed by atoms with E-state index < -0.39 is 5.54 Å². The maximum atomic E-state index is 12.1. The quantitative estimate of drug-likeness (QED) is 0.886. The summed E-state index contributed by atoms with van der Waals surface area (Å²) in [6, 6.07) is 5.96. The van der Waals surface area contributed by atoms with E-state index in [9.17, 15) is 4.79 Å². The molecule has 4 heteroatoms. The van der Waals surface area contributed by atoms with Crippen molar-refractivity contribution in [1.82, 2.24) is 4.90 Å². The molecule has 1 aromatic carbocycles. The SMILES string of the molecule is COc1ccc(C)cc1CN(C)C(=O)CC(C)(C)N. The third-order valence-electron chi connectivity index (χ3n) is 2.88. The summed E-state index contributed by atoms with van der Waals surface area (Å²) >= 11 is 0. The summed E-state index contributed by atoms with van der Waals surface area (Å²) in [5, 5.41) is 0. The van der Waals surface area contributed by atoms with E-state index in [4.69, 9.17) is 10.5 Å². The van der Waals surface area contributed by atoms with Crippen LogP contribution in [0.1, 0.15) is 31.4 Å². The Morgan fingerprint density at radius 1 is 1.42 bits per heavy atom. The number of ether oxygens (including phenoxy) is 1. The van der Waals surface area contributed by atoms with Gasteiger partial charge in [0.1, 0.15) is 5.75 Å². The predicted octanol–water partition coefficient (Wildman–Crippen LogP) is 2.09. The summed E-state index contributed by atoms with van der Waals surface area (Å²) in [4.78, 5) is 13.7. The van der Waals surface area contributed by atoms with Gasteiger partial charge in [-0.25, -0.2) is 0 Å². The number of nitrogens with two attached hydrogens (primary N) is 1. The number of methoxy groups -OCH3 is 1. The highest BCUT2D eigenvalue weighted by molar-refractivity contribution is 5.77. The number of amides is 1. The molecular weight excluding hydrogens is 240 g/mol. The van der Waals surface area contributed by atoms with Crippen LogP contribution in [0.4, 0.5) is 0 Å². The second-order valence-electron chi connectivity index (χ2n) is 5.73. The molecule has 0 bridgehead atoms. The fourth-order valence-corrected chi connectivity index (χ4v) is 1.90. The topological polar surface area (TPSA) is 55.6 Å². The first kappa shape index (κ1) is 15.5. The minimum Gasteiger partial charge on any atom is -0.496 e. The van der Waals surface area contributed by atoms with Gasteiger partial charge in [0.2, 0.25) is 5.91 Å². The predicted molar refractivity (Wildman–Crippen MR) is 77.1 cm³/mol. The van der Waals surface area contributed by atoms with Crippen molar-refractivity contribution in [3.8, 4) is 5.75 Å². The lowest BCUT2D eigenvalue weighted by Gasteiger charge is -2.24. The molecule has 0 unspecified atom stereocenters. The second kappa shape index (κ2) is 6.06. The second-order valence-corrected chi connectivity index (χ2v) is 5.73. The van der Waals surface area contributed by atoms with E-state index in [1.165, 1.54) is 0 Å². The fourth-order valence-electron chi connectivity index (χ4n) is 1.90. The molecular formula is C15H24N2O2. The smallest absolute Gasteiger partial charge is 0.224 e. The zero-order valence-electron chi connectivity index (χ0n) is 12.5. The monoisotopic (exact) mass is 264 g/mol. The van der Waals surface area contributed by atoms with Crippen LogP contribution in [0.25, 0.3) is 0 Å². The molecule has 106 valence electrons. The van der Waals surface area contributed by atoms with Crippen molar-refractivity contribution >= 4 is 5.91 Å². The van der Waals surface area contributed by atoms with E-state index in [1.54, 1.807) is 19.1 Å². The molecule has 2 N–H and O–H groups in total. The van der Waals surface area contributed by atoms with E-state index >= 15 is 0 Å².